The molecule has 1 aromatic carbocycles. The van der Waals surface area contributed by atoms with Crippen molar-refractivity contribution in [2.45, 2.75) is 6.92 Å². The van der Waals surface area contributed by atoms with Crippen LogP contribution in [0.5, 0.6) is 0 Å². The summed E-state index contributed by atoms with van der Waals surface area (Å²) in [5, 5.41) is 9.65. The van der Waals surface area contributed by atoms with Gasteiger partial charge in [-0.3, -0.25) is 0 Å². The normalized spacial score (nSPS) is 11.1. The van der Waals surface area contributed by atoms with E-state index in [9.17, 15) is 0 Å². The Labute approximate surface area is 142 Å². The molecule has 0 amide bonds. The van der Waals surface area contributed by atoms with Gasteiger partial charge in [0, 0.05) is 5.56 Å². The summed E-state index contributed by atoms with van der Waals surface area (Å²) < 4.78 is 5.34. The third-order valence-corrected chi connectivity index (χ3v) is 4.04. The third kappa shape index (κ3) is 2.28. The van der Waals surface area contributed by atoms with Crippen molar-refractivity contribution in [3.05, 3.63) is 53.4 Å². The first-order valence-electron chi connectivity index (χ1n) is 7.24. The number of nitrogens with zero attached hydrogens (tertiary/aromatic N) is 4. The number of nitrogens with two attached hydrogens (primary N) is 1. The SMILES string of the molecule is Cc1nc(-c2ccco2)nc2nnc(-c3ccccc3Cl)c(N)c12. The van der Waals surface area contributed by atoms with Gasteiger partial charge in [0.05, 0.1) is 28.1 Å². The van der Waals surface area contributed by atoms with Crippen LogP contribution in [-0.2, 0) is 0 Å². The molecule has 4 rings (SSSR count). The Balaban J connectivity index is 1.96. The molecule has 0 aliphatic heterocycles. The second kappa shape index (κ2) is 5.58. The van der Waals surface area contributed by atoms with E-state index < -0.39 is 0 Å². The van der Waals surface area contributed by atoms with Gasteiger partial charge in [-0.1, -0.05) is 29.8 Å². The van der Waals surface area contributed by atoms with Gasteiger partial charge in [0.2, 0.25) is 0 Å². The standard InChI is InChI=1S/C17H12ClN5O/c1-9-13-14(19)15(10-5-2-3-6-11(10)18)22-23-17(13)21-16(20-9)12-7-4-8-24-12/h2-8H,1H3,(H2,19,20,21,23). The molecule has 0 atom stereocenters. The minimum atomic E-state index is 0.419. The summed E-state index contributed by atoms with van der Waals surface area (Å²) >= 11 is 6.25. The van der Waals surface area contributed by atoms with Crippen LogP contribution in [0.2, 0.25) is 5.02 Å². The summed E-state index contributed by atoms with van der Waals surface area (Å²) in [6.07, 6.45) is 1.57. The summed E-state index contributed by atoms with van der Waals surface area (Å²) in [4.78, 5) is 8.88. The summed E-state index contributed by atoms with van der Waals surface area (Å²) in [6, 6.07) is 10.9. The number of halogens is 1. The van der Waals surface area contributed by atoms with Crippen molar-refractivity contribution in [2.24, 2.45) is 0 Å². The van der Waals surface area contributed by atoms with Crippen molar-refractivity contribution >= 4 is 28.3 Å². The molecule has 24 heavy (non-hydrogen) atoms. The van der Waals surface area contributed by atoms with E-state index in [1.807, 2.05) is 25.1 Å². The second-order valence-corrected chi connectivity index (χ2v) is 5.66. The highest BCUT2D eigenvalue weighted by molar-refractivity contribution is 6.33. The van der Waals surface area contributed by atoms with Gasteiger partial charge in [-0.2, -0.15) is 0 Å². The molecule has 6 nitrogen and oxygen atoms in total. The highest BCUT2D eigenvalue weighted by Crippen LogP contribution is 2.34. The smallest absolute Gasteiger partial charge is 0.198 e. The molecular formula is C17H12ClN5O. The first-order valence-corrected chi connectivity index (χ1v) is 7.62. The predicted molar refractivity (Wildman–Crippen MR) is 92.4 cm³/mol. The van der Waals surface area contributed by atoms with Gasteiger partial charge in [-0.05, 0) is 25.1 Å². The van der Waals surface area contributed by atoms with Gasteiger partial charge >= 0.3 is 0 Å². The second-order valence-electron chi connectivity index (χ2n) is 5.25. The minimum absolute atomic E-state index is 0.419. The summed E-state index contributed by atoms with van der Waals surface area (Å²) in [7, 11) is 0. The Morgan fingerprint density at radius 1 is 1.04 bits per heavy atom. The number of aryl methyl sites for hydroxylation is 1. The molecule has 0 bridgehead atoms. The lowest BCUT2D eigenvalue weighted by Gasteiger charge is -2.10. The van der Waals surface area contributed by atoms with Crippen LogP contribution >= 0.6 is 11.6 Å². The number of fused-ring (bicyclic) bond motifs is 1. The topological polar surface area (TPSA) is 90.7 Å². The Kier molecular flexibility index (Phi) is 3.39. The fourth-order valence-corrected chi connectivity index (χ4v) is 2.81. The molecule has 0 spiro atoms. The number of furan rings is 1. The van der Waals surface area contributed by atoms with E-state index in [0.717, 1.165) is 5.56 Å². The molecule has 0 fully saturated rings. The van der Waals surface area contributed by atoms with Crippen LogP contribution in [0.15, 0.2) is 47.1 Å². The minimum Gasteiger partial charge on any atom is -0.461 e. The molecule has 0 aliphatic rings. The molecule has 0 aliphatic carbocycles. The van der Waals surface area contributed by atoms with Gasteiger partial charge in [0.1, 0.15) is 5.69 Å². The van der Waals surface area contributed by atoms with Crippen molar-refractivity contribution in [1.82, 2.24) is 20.2 Å². The highest BCUT2D eigenvalue weighted by Gasteiger charge is 2.17. The Morgan fingerprint density at radius 2 is 1.88 bits per heavy atom. The molecule has 0 saturated carbocycles. The Bertz CT molecular complexity index is 1050. The summed E-state index contributed by atoms with van der Waals surface area (Å²) in [5.41, 5.74) is 9.14. The highest BCUT2D eigenvalue weighted by atomic mass is 35.5. The molecule has 3 aromatic heterocycles. The molecule has 118 valence electrons. The van der Waals surface area contributed by atoms with E-state index in [1.54, 1.807) is 24.5 Å². The van der Waals surface area contributed by atoms with Crippen LogP contribution in [0.25, 0.3) is 33.9 Å². The number of aromatic nitrogens is 4. The number of anilines is 1. The van der Waals surface area contributed by atoms with Gasteiger partial charge in [-0.15, -0.1) is 10.2 Å². The molecule has 7 heteroatoms. The monoisotopic (exact) mass is 337 g/mol. The van der Waals surface area contributed by atoms with Gasteiger partial charge in [-0.25, -0.2) is 9.97 Å². The number of benzene rings is 1. The number of nitrogen functional groups attached to an aromatic ring is 1. The lowest BCUT2D eigenvalue weighted by molar-refractivity contribution is 0.577. The Hall–Kier alpha value is -2.99. The molecular weight excluding hydrogens is 326 g/mol. The van der Waals surface area contributed by atoms with Crippen molar-refractivity contribution in [1.29, 1.82) is 0 Å². The van der Waals surface area contributed by atoms with Gasteiger partial charge in [0.15, 0.2) is 17.2 Å². The van der Waals surface area contributed by atoms with E-state index in [-0.39, 0.29) is 0 Å². The zero-order chi connectivity index (χ0) is 16.7. The first-order chi connectivity index (χ1) is 11.6. The van der Waals surface area contributed by atoms with E-state index in [4.69, 9.17) is 21.8 Å². The zero-order valence-corrected chi connectivity index (χ0v) is 13.4. The van der Waals surface area contributed by atoms with Crippen molar-refractivity contribution in [3.8, 4) is 22.8 Å². The van der Waals surface area contributed by atoms with Gasteiger partial charge in [0.25, 0.3) is 0 Å². The van der Waals surface area contributed by atoms with Crippen molar-refractivity contribution < 1.29 is 4.42 Å². The van der Waals surface area contributed by atoms with Crippen LogP contribution in [-0.4, -0.2) is 20.2 Å². The maximum atomic E-state index is 6.32. The summed E-state index contributed by atoms with van der Waals surface area (Å²) in [5.74, 6) is 1.01. The van der Waals surface area contributed by atoms with Crippen LogP contribution < -0.4 is 5.73 Å². The van der Waals surface area contributed by atoms with E-state index in [1.165, 1.54) is 0 Å². The van der Waals surface area contributed by atoms with Crippen LogP contribution in [0.3, 0.4) is 0 Å². The fourth-order valence-electron chi connectivity index (χ4n) is 2.58. The average Bonchev–Trinajstić information content (AvgIpc) is 3.10. The maximum Gasteiger partial charge on any atom is 0.198 e. The lowest BCUT2D eigenvalue weighted by Crippen LogP contribution is -2.03. The van der Waals surface area contributed by atoms with E-state index in [0.29, 0.717) is 44.7 Å². The van der Waals surface area contributed by atoms with E-state index in [2.05, 4.69) is 20.2 Å². The van der Waals surface area contributed by atoms with Crippen LogP contribution in [0.1, 0.15) is 5.69 Å². The number of rotatable bonds is 2. The lowest BCUT2D eigenvalue weighted by atomic mass is 10.1. The quantitative estimate of drug-likeness (QED) is 0.596. The number of hydrogen-bond donors (Lipinski definition) is 1. The van der Waals surface area contributed by atoms with Crippen LogP contribution in [0.4, 0.5) is 5.69 Å². The molecule has 0 radical (unpaired) electrons. The van der Waals surface area contributed by atoms with Gasteiger partial charge < -0.3 is 10.2 Å². The molecule has 0 unspecified atom stereocenters. The first kappa shape index (κ1) is 14.6. The van der Waals surface area contributed by atoms with Crippen molar-refractivity contribution in [2.75, 3.05) is 5.73 Å². The number of hydrogen-bond acceptors (Lipinski definition) is 6. The van der Waals surface area contributed by atoms with Crippen LogP contribution in [0, 0.1) is 6.92 Å². The zero-order valence-electron chi connectivity index (χ0n) is 12.7. The molecule has 4 aromatic rings. The molecule has 0 saturated heterocycles. The third-order valence-electron chi connectivity index (χ3n) is 3.71. The largest absolute Gasteiger partial charge is 0.461 e. The Morgan fingerprint density at radius 3 is 2.62 bits per heavy atom. The average molecular weight is 338 g/mol. The summed E-state index contributed by atoms with van der Waals surface area (Å²) in [6.45, 7) is 1.85. The maximum absolute atomic E-state index is 6.32. The molecule has 2 N–H and O–H groups in total. The van der Waals surface area contributed by atoms with E-state index >= 15 is 0 Å². The van der Waals surface area contributed by atoms with Crippen molar-refractivity contribution in [3.63, 3.8) is 0 Å². The fraction of sp³-hybridized carbons (Fsp3) is 0.0588. The molecule has 3 heterocycles. The predicted octanol–water partition coefficient (Wildman–Crippen LogP) is 3.89.